The van der Waals surface area contributed by atoms with E-state index < -0.39 is 12.4 Å². The van der Waals surface area contributed by atoms with Gasteiger partial charge in [-0.25, -0.2) is 4.79 Å². The van der Waals surface area contributed by atoms with Crippen LogP contribution in [-0.4, -0.2) is 24.9 Å². The number of hydrogen-bond acceptors (Lipinski definition) is 3. The third-order valence-electron chi connectivity index (χ3n) is 1.10. The van der Waals surface area contributed by atoms with E-state index in [-0.39, 0.29) is 0 Å². The van der Waals surface area contributed by atoms with Gasteiger partial charge >= 0.3 is 6.09 Å². The number of amides is 1. The van der Waals surface area contributed by atoms with Crippen LogP contribution in [0.4, 0.5) is 4.79 Å². The Balaban J connectivity index is 3.61. The van der Waals surface area contributed by atoms with E-state index in [0.29, 0.717) is 18.9 Å². The van der Waals surface area contributed by atoms with Crippen molar-refractivity contribution in [1.82, 2.24) is 0 Å². The Labute approximate surface area is 77.0 Å². The molecule has 0 saturated heterocycles. The topological polar surface area (TPSA) is 61.6 Å². The Morgan fingerprint density at radius 3 is 2.75 bits per heavy atom. The maximum Gasteiger partial charge on any atom is 0.406 e. The van der Waals surface area contributed by atoms with Crippen LogP contribution < -0.4 is 5.73 Å². The molecule has 0 saturated carbocycles. The van der Waals surface area contributed by atoms with E-state index in [4.69, 9.17) is 22.1 Å². The first-order chi connectivity index (χ1) is 5.70. The van der Waals surface area contributed by atoms with Crippen LogP contribution in [0.25, 0.3) is 0 Å². The Bertz CT molecular complexity index is 132. The molecule has 1 amide bonds. The maximum absolute atomic E-state index is 10.3. The lowest BCUT2D eigenvalue weighted by Gasteiger charge is -2.15. The molecular weight excluding hydrogens is 182 g/mol. The van der Waals surface area contributed by atoms with Crippen LogP contribution in [0.15, 0.2) is 0 Å². The van der Waals surface area contributed by atoms with E-state index >= 15 is 0 Å². The smallest absolute Gasteiger partial charge is 0.406 e. The molecule has 0 radical (unpaired) electrons. The van der Waals surface area contributed by atoms with Crippen LogP contribution in [0.1, 0.15) is 19.8 Å². The molecule has 72 valence electrons. The predicted molar refractivity (Wildman–Crippen MR) is 46.0 cm³/mol. The van der Waals surface area contributed by atoms with Crippen LogP contribution >= 0.6 is 11.6 Å². The number of primary amides is 1. The van der Waals surface area contributed by atoms with Gasteiger partial charge in [0.15, 0.2) is 0 Å². The van der Waals surface area contributed by atoms with Crippen molar-refractivity contribution >= 4 is 17.7 Å². The first-order valence-corrected chi connectivity index (χ1v) is 4.37. The highest BCUT2D eigenvalue weighted by Gasteiger charge is 2.10. The first-order valence-electron chi connectivity index (χ1n) is 3.84. The molecule has 0 aliphatic carbocycles. The molecule has 0 heterocycles. The molecule has 4 nitrogen and oxygen atoms in total. The van der Waals surface area contributed by atoms with Gasteiger partial charge in [-0.05, 0) is 6.42 Å². The SMILES string of the molecule is CCCOC(CCCl)OC(N)=O. The monoisotopic (exact) mass is 195 g/mol. The minimum atomic E-state index is -0.832. The predicted octanol–water partition coefficient (Wildman–Crippen LogP) is 1.46. The van der Waals surface area contributed by atoms with Gasteiger partial charge in [0, 0.05) is 12.3 Å². The molecule has 0 aromatic carbocycles. The third-order valence-corrected chi connectivity index (χ3v) is 1.32. The van der Waals surface area contributed by atoms with Crippen molar-refractivity contribution in [2.75, 3.05) is 12.5 Å². The number of ether oxygens (including phenoxy) is 2. The van der Waals surface area contributed by atoms with Gasteiger partial charge in [-0.1, -0.05) is 6.92 Å². The standard InChI is InChI=1S/C7H14ClNO3/c1-2-5-11-6(3-4-8)12-7(9)10/h6H,2-5H2,1H3,(H2,9,10). The molecule has 0 aromatic heterocycles. The minimum absolute atomic E-state index is 0.377. The summed E-state index contributed by atoms with van der Waals surface area (Å²) in [5, 5.41) is 0. The van der Waals surface area contributed by atoms with Crippen molar-refractivity contribution in [3.63, 3.8) is 0 Å². The summed E-state index contributed by atoms with van der Waals surface area (Å²) < 4.78 is 9.76. The average molecular weight is 196 g/mol. The van der Waals surface area contributed by atoms with Gasteiger partial charge in [0.25, 0.3) is 0 Å². The second-order valence-corrected chi connectivity index (χ2v) is 2.59. The van der Waals surface area contributed by atoms with Crippen LogP contribution in [0.2, 0.25) is 0 Å². The lowest BCUT2D eigenvalue weighted by molar-refractivity contribution is -0.102. The van der Waals surface area contributed by atoms with Crippen LogP contribution in [-0.2, 0) is 9.47 Å². The van der Waals surface area contributed by atoms with E-state index in [1.165, 1.54) is 0 Å². The number of rotatable bonds is 6. The number of alkyl halides is 1. The molecule has 12 heavy (non-hydrogen) atoms. The van der Waals surface area contributed by atoms with Crippen LogP contribution in [0.5, 0.6) is 0 Å². The second kappa shape index (κ2) is 7.18. The molecule has 0 bridgehead atoms. The van der Waals surface area contributed by atoms with Crippen LogP contribution in [0.3, 0.4) is 0 Å². The molecule has 0 spiro atoms. The molecule has 0 rings (SSSR count). The number of hydrogen-bond donors (Lipinski definition) is 1. The van der Waals surface area contributed by atoms with Crippen molar-refractivity contribution in [1.29, 1.82) is 0 Å². The molecule has 1 atom stereocenters. The Kier molecular flexibility index (Phi) is 6.90. The number of nitrogens with two attached hydrogens (primary N) is 1. The zero-order chi connectivity index (χ0) is 9.40. The molecular formula is C7H14ClNO3. The number of carbonyl (C=O) groups is 1. The lowest BCUT2D eigenvalue weighted by Crippen LogP contribution is -2.25. The fraction of sp³-hybridized carbons (Fsp3) is 0.857. The zero-order valence-electron chi connectivity index (χ0n) is 7.09. The molecule has 1 unspecified atom stereocenters. The van der Waals surface area contributed by atoms with Crippen LogP contribution in [0, 0.1) is 0 Å². The molecule has 5 heteroatoms. The second-order valence-electron chi connectivity index (χ2n) is 2.21. The summed E-state index contributed by atoms with van der Waals surface area (Å²) in [4.78, 5) is 10.3. The highest BCUT2D eigenvalue weighted by molar-refractivity contribution is 6.17. The van der Waals surface area contributed by atoms with Gasteiger partial charge in [0.05, 0.1) is 6.61 Å². The summed E-state index contributed by atoms with van der Waals surface area (Å²) in [6.07, 6.45) is -0.105. The maximum atomic E-state index is 10.3. The highest BCUT2D eigenvalue weighted by atomic mass is 35.5. The van der Waals surface area contributed by atoms with E-state index in [1.54, 1.807) is 0 Å². The minimum Gasteiger partial charge on any atom is -0.420 e. The molecule has 2 N–H and O–H groups in total. The summed E-state index contributed by atoms with van der Waals surface area (Å²) in [7, 11) is 0. The Morgan fingerprint density at radius 2 is 2.33 bits per heavy atom. The van der Waals surface area contributed by atoms with Crippen molar-refractivity contribution < 1.29 is 14.3 Å². The van der Waals surface area contributed by atoms with Crippen molar-refractivity contribution in [2.24, 2.45) is 5.73 Å². The van der Waals surface area contributed by atoms with E-state index in [2.05, 4.69) is 4.74 Å². The number of halogens is 1. The van der Waals surface area contributed by atoms with Gasteiger partial charge in [-0.2, -0.15) is 0 Å². The fourth-order valence-corrected chi connectivity index (χ4v) is 0.822. The van der Waals surface area contributed by atoms with E-state index in [1.807, 2.05) is 6.92 Å². The van der Waals surface area contributed by atoms with Gasteiger partial charge in [-0.15, -0.1) is 11.6 Å². The molecule has 0 aliphatic rings. The Hall–Kier alpha value is -0.480. The Morgan fingerprint density at radius 1 is 1.67 bits per heavy atom. The lowest BCUT2D eigenvalue weighted by atomic mass is 10.4. The van der Waals surface area contributed by atoms with Crippen molar-refractivity contribution in [2.45, 2.75) is 26.1 Å². The first kappa shape index (κ1) is 11.5. The summed E-state index contributed by atoms with van der Waals surface area (Å²) in [5.41, 5.74) is 4.81. The third kappa shape index (κ3) is 6.24. The van der Waals surface area contributed by atoms with E-state index in [0.717, 1.165) is 6.42 Å². The van der Waals surface area contributed by atoms with Gasteiger partial charge in [-0.3, -0.25) is 0 Å². The summed E-state index contributed by atoms with van der Waals surface area (Å²) >= 11 is 5.45. The summed E-state index contributed by atoms with van der Waals surface area (Å²) in [6.45, 7) is 2.50. The average Bonchev–Trinajstić information content (AvgIpc) is 2.00. The molecule has 0 aliphatic heterocycles. The normalized spacial score (nSPS) is 12.5. The summed E-state index contributed by atoms with van der Waals surface area (Å²) in [5.74, 6) is 0.377. The molecule has 0 fully saturated rings. The van der Waals surface area contributed by atoms with Crippen molar-refractivity contribution in [3.05, 3.63) is 0 Å². The fourth-order valence-electron chi connectivity index (χ4n) is 0.644. The van der Waals surface area contributed by atoms with Gasteiger partial charge in [0.2, 0.25) is 6.29 Å². The summed E-state index contributed by atoms with van der Waals surface area (Å²) in [6, 6.07) is 0. The van der Waals surface area contributed by atoms with Gasteiger partial charge < -0.3 is 15.2 Å². The number of carbonyl (C=O) groups excluding carboxylic acids is 1. The zero-order valence-corrected chi connectivity index (χ0v) is 7.84. The largest absolute Gasteiger partial charge is 0.420 e. The highest BCUT2D eigenvalue weighted by Crippen LogP contribution is 2.02. The van der Waals surface area contributed by atoms with E-state index in [9.17, 15) is 4.79 Å². The quantitative estimate of drug-likeness (QED) is 0.516. The molecule has 0 aromatic rings. The van der Waals surface area contributed by atoms with Crippen molar-refractivity contribution in [3.8, 4) is 0 Å². The van der Waals surface area contributed by atoms with Gasteiger partial charge in [0.1, 0.15) is 0 Å².